The molecule has 1 aromatic carbocycles. The summed E-state index contributed by atoms with van der Waals surface area (Å²) in [4.78, 5) is 4.55. The zero-order valence-corrected chi connectivity index (χ0v) is 14.3. The first-order valence-corrected chi connectivity index (χ1v) is 6.83. The molecule has 3 rings (SSSR count). The van der Waals surface area contributed by atoms with Crippen molar-refractivity contribution >= 4 is 16.8 Å². The molecule has 0 amide bonds. The van der Waals surface area contributed by atoms with Crippen LogP contribution in [0.1, 0.15) is 18.9 Å². The van der Waals surface area contributed by atoms with Crippen LogP contribution in [0, 0.1) is 6.92 Å². The summed E-state index contributed by atoms with van der Waals surface area (Å²) in [7, 11) is 0. The molecule has 0 saturated carbocycles. The highest BCUT2D eigenvalue weighted by atomic mass is 127. The van der Waals surface area contributed by atoms with Gasteiger partial charge in [0.25, 0.3) is 0 Å². The molecule has 0 fully saturated rings. The summed E-state index contributed by atoms with van der Waals surface area (Å²) in [6.07, 6.45) is 5.21. The normalized spacial score (nSPS) is 10.6. The van der Waals surface area contributed by atoms with Crippen molar-refractivity contribution in [2.75, 3.05) is 5.73 Å². The maximum Gasteiger partial charge on any atom is 0.233 e. The van der Waals surface area contributed by atoms with Gasteiger partial charge in [-0.2, -0.15) is 0 Å². The van der Waals surface area contributed by atoms with E-state index in [4.69, 9.17) is 10.2 Å². The number of aromatic nitrogens is 2. The van der Waals surface area contributed by atoms with Gasteiger partial charge in [-0.15, -0.1) is 0 Å². The number of nitrogen functional groups attached to an aromatic ring is 1. The van der Waals surface area contributed by atoms with Crippen LogP contribution in [0.5, 0.6) is 0 Å². The Morgan fingerprint density at radius 1 is 1.33 bits per heavy atom. The number of halogens is 1. The number of nitrogens with two attached hydrogens (primary N) is 1. The second kappa shape index (κ2) is 6.43. The van der Waals surface area contributed by atoms with Crippen molar-refractivity contribution < 1.29 is 33.0 Å². The van der Waals surface area contributed by atoms with Gasteiger partial charge in [-0.3, -0.25) is 0 Å². The number of rotatable bonds is 3. The highest BCUT2D eigenvalue weighted by Gasteiger charge is 2.13. The topological polar surface area (TPSA) is 55.9 Å². The summed E-state index contributed by atoms with van der Waals surface area (Å²) < 4.78 is 8.04. The van der Waals surface area contributed by atoms with Crippen LogP contribution in [0.25, 0.3) is 22.6 Å². The van der Waals surface area contributed by atoms with Crippen LogP contribution < -0.4 is 34.3 Å². The largest absolute Gasteiger partial charge is 1.00 e. The Morgan fingerprint density at radius 2 is 2.14 bits per heavy atom. The number of nitrogens with zero attached hydrogens (tertiary/aromatic N) is 2. The monoisotopic (exact) mass is 395 g/mol. The maximum atomic E-state index is 5.89. The molecule has 21 heavy (non-hydrogen) atoms. The third-order valence-electron chi connectivity index (χ3n) is 3.29. The summed E-state index contributed by atoms with van der Waals surface area (Å²) in [5, 5.41) is 0. The van der Waals surface area contributed by atoms with Crippen molar-refractivity contribution in [2.24, 2.45) is 0 Å². The van der Waals surface area contributed by atoms with Gasteiger partial charge in [0.15, 0.2) is 18.0 Å². The molecule has 0 atom stereocenters. The maximum absolute atomic E-state index is 5.89. The van der Waals surface area contributed by atoms with E-state index in [1.54, 1.807) is 0 Å². The lowest BCUT2D eigenvalue weighted by Gasteiger charge is -1.96. The molecule has 2 aromatic heterocycles. The van der Waals surface area contributed by atoms with E-state index in [2.05, 4.69) is 28.9 Å². The number of pyridine rings is 1. The third-order valence-corrected chi connectivity index (χ3v) is 3.29. The van der Waals surface area contributed by atoms with Crippen LogP contribution in [0.4, 0.5) is 5.69 Å². The fraction of sp³-hybridized carbons (Fsp3) is 0.250. The molecule has 2 N–H and O–H groups in total. The van der Waals surface area contributed by atoms with Crippen molar-refractivity contribution in [1.29, 1.82) is 0 Å². The molecular weight excluding hydrogens is 377 g/mol. The van der Waals surface area contributed by atoms with E-state index in [1.165, 1.54) is 0 Å². The van der Waals surface area contributed by atoms with Gasteiger partial charge in [0.05, 0.1) is 0 Å². The quantitative estimate of drug-likeness (QED) is 0.389. The molecule has 110 valence electrons. The standard InChI is InChI=1S/C16H18N3O.HI/c1-3-6-19-7-4-5-12(10-19)16-18-14-9-13(17)8-11(2)15(14)20-16;/h4-5,7-10H,3,6,17H2,1-2H3;1H/q+1;/p-1. The second-order valence-electron chi connectivity index (χ2n) is 5.04. The van der Waals surface area contributed by atoms with Gasteiger partial charge in [-0.1, -0.05) is 6.92 Å². The summed E-state index contributed by atoms with van der Waals surface area (Å²) >= 11 is 0. The zero-order chi connectivity index (χ0) is 14.1. The molecule has 0 aliphatic rings. The van der Waals surface area contributed by atoms with Gasteiger partial charge in [0.1, 0.15) is 17.6 Å². The lowest BCUT2D eigenvalue weighted by molar-refractivity contribution is -0.696. The van der Waals surface area contributed by atoms with Crippen molar-refractivity contribution in [3.05, 3.63) is 42.2 Å². The van der Waals surface area contributed by atoms with Gasteiger partial charge < -0.3 is 34.1 Å². The number of oxazole rings is 1. The highest BCUT2D eigenvalue weighted by Crippen LogP contribution is 2.27. The molecule has 0 aliphatic carbocycles. The van der Waals surface area contributed by atoms with Crippen LogP contribution in [-0.4, -0.2) is 4.98 Å². The number of hydrogen-bond donors (Lipinski definition) is 1. The Bertz CT molecular complexity index is 767. The first kappa shape index (κ1) is 15.8. The molecule has 4 nitrogen and oxygen atoms in total. The molecular formula is C16H18IN3O. The minimum Gasteiger partial charge on any atom is -1.00 e. The number of hydrogen-bond acceptors (Lipinski definition) is 3. The van der Waals surface area contributed by atoms with E-state index in [9.17, 15) is 0 Å². The van der Waals surface area contributed by atoms with Gasteiger partial charge >= 0.3 is 0 Å². The summed E-state index contributed by atoms with van der Waals surface area (Å²) in [6, 6.07) is 7.77. The molecule has 0 spiro atoms. The predicted octanol–water partition coefficient (Wildman–Crippen LogP) is 0.0869. The fourth-order valence-corrected chi connectivity index (χ4v) is 2.40. The zero-order valence-electron chi connectivity index (χ0n) is 12.1. The van der Waals surface area contributed by atoms with Crippen molar-refractivity contribution in [3.63, 3.8) is 0 Å². The number of anilines is 1. The van der Waals surface area contributed by atoms with E-state index in [0.29, 0.717) is 11.6 Å². The highest BCUT2D eigenvalue weighted by molar-refractivity contribution is 5.82. The Kier molecular flexibility index (Phi) is 4.82. The average molecular weight is 395 g/mol. The van der Waals surface area contributed by atoms with E-state index >= 15 is 0 Å². The molecule has 0 saturated heterocycles. The van der Waals surface area contributed by atoms with Crippen molar-refractivity contribution in [3.8, 4) is 11.5 Å². The van der Waals surface area contributed by atoms with Crippen molar-refractivity contribution in [2.45, 2.75) is 26.8 Å². The van der Waals surface area contributed by atoms with Gasteiger partial charge in [-0.05, 0) is 30.7 Å². The summed E-state index contributed by atoms with van der Waals surface area (Å²) in [5.41, 5.74) is 10.2. The number of aryl methyl sites for hydroxylation is 2. The molecule has 2 heterocycles. The van der Waals surface area contributed by atoms with Gasteiger partial charge in [0, 0.05) is 18.2 Å². The van der Waals surface area contributed by atoms with Crippen molar-refractivity contribution in [1.82, 2.24) is 4.98 Å². The minimum atomic E-state index is 0. The Balaban J connectivity index is 0.00000161. The Labute approximate surface area is 141 Å². The van der Waals surface area contributed by atoms with E-state index in [0.717, 1.165) is 35.2 Å². The lowest BCUT2D eigenvalue weighted by atomic mass is 10.2. The smallest absolute Gasteiger partial charge is 0.233 e. The number of benzene rings is 1. The molecule has 0 bridgehead atoms. The van der Waals surface area contributed by atoms with Gasteiger partial charge in [0.2, 0.25) is 5.89 Å². The second-order valence-corrected chi connectivity index (χ2v) is 5.04. The molecule has 5 heteroatoms. The number of fused-ring (bicyclic) bond motifs is 1. The lowest BCUT2D eigenvalue weighted by Crippen LogP contribution is -3.00. The van der Waals surface area contributed by atoms with Crippen LogP contribution in [0.15, 0.2) is 41.1 Å². The van der Waals surface area contributed by atoms with Gasteiger partial charge in [-0.25, -0.2) is 9.55 Å². The molecule has 0 radical (unpaired) electrons. The van der Waals surface area contributed by atoms with Crippen LogP contribution in [-0.2, 0) is 6.54 Å². The average Bonchev–Trinajstić information content (AvgIpc) is 2.83. The fourth-order valence-electron chi connectivity index (χ4n) is 2.40. The van der Waals surface area contributed by atoms with Crippen LogP contribution >= 0.6 is 0 Å². The molecule has 0 aliphatic heterocycles. The van der Waals surface area contributed by atoms with E-state index < -0.39 is 0 Å². The summed E-state index contributed by atoms with van der Waals surface area (Å²) in [6.45, 7) is 5.13. The Morgan fingerprint density at radius 3 is 2.90 bits per heavy atom. The third kappa shape index (κ3) is 3.18. The van der Waals surface area contributed by atoms with Crippen LogP contribution in [0.3, 0.4) is 0 Å². The minimum absolute atomic E-state index is 0. The first-order chi connectivity index (χ1) is 9.67. The molecule has 3 aromatic rings. The Hall–Kier alpha value is -1.63. The molecule has 0 unspecified atom stereocenters. The predicted molar refractivity (Wildman–Crippen MR) is 79.1 cm³/mol. The van der Waals surface area contributed by atoms with E-state index in [-0.39, 0.29) is 24.0 Å². The SMILES string of the molecule is CCC[n+]1cccc(-c2nc3cc(N)cc(C)c3o2)c1.[I-]. The van der Waals surface area contributed by atoms with Crippen LogP contribution in [0.2, 0.25) is 0 Å². The summed E-state index contributed by atoms with van der Waals surface area (Å²) in [5.74, 6) is 0.638. The first-order valence-electron chi connectivity index (χ1n) is 6.83. The van der Waals surface area contributed by atoms with E-state index in [1.807, 2.05) is 31.2 Å².